The lowest BCUT2D eigenvalue weighted by Gasteiger charge is -2.08. The smallest absolute Gasteiger partial charge is 0.257 e. The third-order valence-corrected chi connectivity index (χ3v) is 2.33. The van der Waals surface area contributed by atoms with E-state index in [4.69, 9.17) is 9.84 Å². The fourth-order valence-electron chi connectivity index (χ4n) is 1.35. The molecule has 0 saturated heterocycles. The van der Waals surface area contributed by atoms with Crippen LogP contribution in [0, 0.1) is 0 Å². The number of nitrogens with one attached hydrogen (secondary N) is 2. The van der Waals surface area contributed by atoms with E-state index in [1.807, 2.05) is 0 Å². The van der Waals surface area contributed by atoms with E-state index in [0.29, 0.717) is 17.9 Å². The molecule has 1 rings (SSSR count). The molecule has 2 amide bonds. The Morgan fingerprint density at radius 2 is 2.11 bits per heavy atom. The Morgan fingerprint density at radius 1 is 1.32 bits per heavy atom. The van der Waals surface area contributed by atoms with Crippen LogP contribution in [-0.4, -0.2) is 37.2 Å². The first kappa shape index (κ1) is 15.0. The molecule has 104 valence electrons. The van der Waals surface area contributed by atoms with Crippen molar-refractivity contribution in [3.8, 4) is 5.75 Å². The van der Waals surface area contributed by atoms with Gasteiger partial charge in [-0.15, -0.1) is 0 Å². The van der Waals surface area contributed by atoms with Gasteiger partial charge in [0.2, 0.25) is 5.91 Å². The maximum atomic E-state index is 11.5. The van der Waals surface area contributed by atoms with Crippen LogP contribution in [0.4, 0.5) is 5.69 Å². The number of amides is 2. The number of carbonyl (C=O) groups is 2. The summed E-state index contributed by atoms with van der Waals surface area (Å²) in [4.78, 5) is 22.5. The number of benzene rings is 1. The Morgan fingerprint density at radius 3 is 2.79 bits per heavy atom. The SMILES string of the molecule is CNC(=O)COc1cccc(NC(=O)CCCO)c1. The van der Waals surface area contributed by atoms with Crippen LogP contribution in [0.25, 0.3) is 0 Å². The molecular formula is C13H18N2O4. The van der Waals surface area contributed by atoms with E-state index in [9.17, 15) is 9.59 Å². The Bertz CT molecular complexity index is 434. The second-order valence-corrected chi connectivity index (χ2v) is 3.87. The molecule has 0 radical (unpaired) electrons. The van der Waals surface area contributed by atoms with Gasteiger partial charge in [0, 0.05) is 31.8 Å². The highest BCUT2D eigenvalue weighted by molar-refractivity contribution is 5.90. The number of rotatable bonds is 7. The van der Waals surface area contributed by atoms with Crippen molar-refractivity contribution >= 4 is 17.5 Å². The summed E-state index contributed by atoms with van der Waals surface area (Å²) in [5, 5.41) is 13.8. The highest BCUT2D eigenvalue weighted by Gasteiger charge is 2.04. The summed E-state index contributed by atoms with van der Waals surface area (Å²) >= 11 is 0. The molecule has 0 heterocycles. The molecule has 1 aromatic rings. The van der Waals surface area contributed by atoms with Crippen LogP contribution in [0.15, 0.2) is 24.3 Å². The number of anilines is 1. The first-order valence-electron chi connectivity index (χ1n) is 6.00. The Kier molecular flexibility index (Phi) is 6.38. The van der Waals surface area contributed by atoms with E-state index in [-0.39, 0.29) is 31.4 Å². The second kappa shape index (κ2) is 8.10. The Hall–Kier alpha value is -2.08. The van der Waals surface area contributed by atoms with Crippen LogP contribution < -0.4 is 15.4 Å². The predicted molar refractivity (Wildman–Crippen MR) is 71.0 cm³/mol. The summed E-state index contributed by atoms with van der Waals surface area (Å²) in [6.45, 7) is -0.0822. The molecule has 0 saturated carbocycles. The van der Waals surface area contributed by atoms with E-state index < -0.39 is 0 Å². The van der Waals surface area contributed by atoms with Gasteiger partial charge in [0.25, 0.3) is 5.91 Å². The average Bonchev–Trinajstić information content (AvgIpc) is 2.43. The molecule has 0 aliphatic rings. The minimum Gasteiger partial charge on any atom is -0.484 e. The molecule has 0 atom stereocenters. The summed E-state index contributed by atoms with van der Waals surface area (Å²) in [7, 11) is 1.53. The van der Waals surface area contributed by atoms with Crippen LogP contribution in [0.3, 0.4) is 0 Å². The van der Waals surface area contributed by atoms with Crippen LogP contribution in [0.2, 0.25) is 0 Å². The fourth-order valence-corrected chi connectivity index (χ4v) is 1.35. The van der Waals surface area contributed by atoms with Crippen LogP contribution in [-0.2, 0) is 9.59 Å². The standard InChI is InChI=1S/C13H18N2O4/c1-14-13(18)9-19-11-5-2-4-10(8-11)15-12(17)6-3-7-16/h2,4-5,8,16H,3,6-7,9H2,1H3,(H,14,18)(H,15,17). The highest BCUT2D eigenvalue weighted by Crippen LogP contribution is 2.17. The van der Waals surface area contributed by atoms with Crippen molar-refractivity contribution in [2.75, 3.05) is 25.6 Å². The van der Waals surface area contributed by atoms with Crippen molar-refractivity contribution in [2.45, 2.75) is 12.8 Å². The van der Waals surface area contributed by atoms with E-state index in [2.05, 4.69) is 10.6 Å². The fraction of sp³-hybridized carbons (Fsp3) is 0.385. The summed E-state index contributed by atoms with van der Waals surface area (Å²) in [6, 6.07) is 6.79. The minimum atomic E-state index is -0.225. The van der Waals surface area contributed by atoms with Crippen LogP contribution in [0.1, 0.15) is 12.8 Å². The quantitative estimate of drug-likeness (QED) is 0.671. The Balaban J connectivity index is 2.51. The van der Waals surface area contributed by atoms with Crippen molar-refractivity contribution in [3.05, 3.63) is 24.3 Å². The topological polar surface area (TPSA) is 87.7 Å². The molecule has 19 heavy (non-hydrogen) atoms. The zero-order chi connectivity index (χ0) is 14.1. The zero-order valence-electron chi connectivity index (χ0n) is 10.8. The first-order valence-corrected chi connectivity index (χ1v) is 6.00. The lowest BCUT2D eigenvalue weighted by Crippen LogP contribution is -2.24. The van der Waals surface area contributed by atoms with E-state index in [1.54, 1.807) is 24.3 Å². The van der Waals surface area contributed by atoms with Crippen molar-refractivity contribution < 1.29 is 19.4 Å². The van der Waals surface area contributed by atoms with Gasteiger partial charge in [0.15, 0.2) is 6.61 Å². The van der Waals surface area contributed by atoms with E-state index in [1.165, 1.54) is 7.05 Å². The molecule has 0 aliphatic carbocycles. The zero-order valence-corrected chi connectivity index (χ0v) is 10.8. The van der Waals surface area contributed by atoms with Crippen molar-refractivity contribution in [1.82, 2.24) is 5.32 Å². The summed E-state index contributed by atoms with van der Waals surface area (Å²) in [5.41, 5.74) is 0.595. The molecule has 0 fully saturated rings. The molecule has 6 heteroatoms. The molecular weight excluding hydrogens is 248 g/mol. The first-order chi connectivity index (χ1) is 9.15. The van der Waals surface area contributed by atoms with E-state index in [0.717, 1.165) is 0 Å². The van der Waals surface area contributed by atoms with Crippen molar-refractivity contribution in [3.63, 3.8) is 0 Å². The minimum absolute atomic E-state index is 0.0112. The molecule has 1 aromatic carbocycles. The number of hydrogen-bond acceptors (Lipinski definition) is 4. The van der Waals surface area contributed by atoms with Gasteiger partial charge in [0.05, 0.1) is 0 Å². The van der Waals surface area contributed by atoms with Gasteiger partial charge >= 0.3 is 0 Å². The van der Waals surface area contributed by atoms with Gasteiger partial charge in [0.1, 0.15) is 5.75 Å². The average molecular weight is 266 g/mol. The van der Waals surface area contributed by atoms with Gasteiger partial charge in [-0.2, -0.15) is 0 Å². The molecule has 0 spiro atoms. The van der Waals surface area contributed by atoms with Gasteiger partial charge < -0.3 is 20.5 Å². The third-order valence-electron chi connectivity index (χ3n) is 2.33. The maximum Gasteiger partial charge on any atom is 0.257 e. The number of ether oxygens (including phenoxy) is 1. The summed E-state index contributed by atoms with van der Waals surface area (Å²) in [6.07, 6.45) is 0.693. The number of carbonyl (C=O) groups excluding carboxylic acids is 2. The number of aliphatic hydroxyl groups excluding tert-OH is 1. The molecule has 0 aliphatic heterocycles. The van der Waals surface area contributed by atoms with Gasteiger partial charge in [-0.05, 0) is 18.6 Å². The summed E-state index contributed by atoms with van der Waals surface area (Å²) in [5.74, 6) is 0.110. The monoisotopic (exact) mass is 266 g/mol. The van der Waals surface area contributed by atoms with Crippen LogP contribution >= 0.6 is 0 Å². The molecule has 0 bridgehead atoms. The summed E-state index contributed by atoms with van der Waals surface area (Å²) < 4.78 is 5.26. The van der Waals surface area contributed by atoms with Crippen molar-refractivity contribution in [2.24, 2.45) is 0 Å². The second-order valence-electron chi connectivity index (χ2n) is 3.87. The number of hydrogen-bond donors (Lipinski definition) is 3. The van der Waals surface area contributed by atoms with Gasteiger partial charge in [-0.1, -0.05) is 6.07 Å². The lowest BCUT2D eigenvalue weighted by atomic mass is 10.2. The number of likely N-dealkylation sites (N-methyl/N-ethyl adjacent to an activating group) is 1. The molecule has 6 nitrogen and oxygen atoms in total. The molecule has 0 unspecified atom stereocenters. The molecule has 3 N–H and O–H groups in total. The Labute approximate surface area is 111 Å². The maximum absolute atomic E-state index is 11.5. The predicted octanol–water partition coefficient (Wildman–Crippen LogP) is 0.522. The largest absolute Gasteiger partial charge is 0.484 e. The van der Waals surface area contributed by atoms with Crippen LogP contribution in [0.5, 0.6) is 5.75 Å². The van der Waals surface area contributed by atoms with E-state index >= 15 is 0 Å². The van der Waals surface area contributed by atoms with Gasteiger partial charge in [-0.25, -0.2) is 0 Å². The van der Waals surface area contributed by atoms with Crippen molar-refractivity contribution in [1.29, 1.82) is 0 Å². The number of aliphatic hydroxyl groups is 1. The normalized spacial score (nSPS) is 9.79. The molecule has 0 aromatic heterocycles. The highest BCUT2D eigenvalue weighted by atomic mass is 16.5. The third kappa shape index (κ3) is 5.87. The lowest BCUT2D eigenvalue weighted by molar-refractivity contribution is -0.122. The van der Waals surface area contributed by atoms with Gasteiger partial charge in [-0.3, -0.25) is 9.59 Å².